The number of ether oxygens (including phenoxy) is 1. The van der Waals surface area contributed by atoms with E-state index in [0.717, 1.165) is 32.7 Å². The van der Waals surface area contributed by atoms with Gasteiger partial charge in [0.05, 0.1) is 12.7 Å². The smallest absolute Gasteiger partial charge is 0.0596 e. The minimum atomic E-state index is 0.319. The second-order valence-electron chi connectivity index (χ2n) is 5.33. The molecule has 1 N–H and O–H groups in total. The first-order valence-electron chi connectivity index (χ1n) is 7.14. The van der Waals surface area contributed by atoms with Crippen LogP contribution < -0.4 is 5.32 Å². The highest BCUT2D eigenvalue weighted by molar-refractivity contribution is 5.22. The summed E-state index contributed by atoms with van der Waals surface area (Å²) in [5.41, 5.74) is 2.75. The Balaban J connectivity index is 2.31. The molecule has 1 rings (SSSR count). The molecule has 0 saturated carbocycles. The minimum Gasteiger partial charge on any atom is -0.377 e. The quantitative estimate of drug-likeness (QED) is 0.741. The van der Waals surface area contributed by atoms with Crippen LogP contribution in [0.15, 0.2) is 24.3 Å². The van der Waals surface area contributed by atoms with Gasteiger partial charge >= 0.3 is 0 Å². The summed E-state index contributed by atoms with van der Waals surface area (Å²) in [6, 6.07) is 8.91. The standard InChI is InChI=1S/C16H28N2O/c1-14(2)19-12-11-18(4)13-16-7-5-15(6-8-16)9-10-17-3/h5-8,14,17H,9-13H2,1-4H3. The lowest BCUT2D eigenvalue weighted by atomic mass is 10.1. The largest absolute Gasteiger partial charge is 0.377 e. The number of hydrogen-bond acceptors (Lipinski definition) is 3. The van der Waals surface area contributed by atoms with Crippen LogP contribution in [-0.2, 0) is 17.7 Å². The number of hydrogen-bond donors (Lipinski definition) is 1. The van der Waals surface area contributed by atoms with Gasteiger partial charge in [0.1, 0.15) is 0 Å². The molecule has 0 aromatic heterocycles. The molecule has 0 heterocycles. The summed E-state index contributed by atoms with van der Waals surface area (Å²) in [6.07, 6.45) is 1.41. The zero-order chi connectivity index (χ0) is 14.1. The van der Waals surface area contributed by atoms with Gasteiger partial charge in [-0.1, -0.05) is 24.3 Å². The van der Waals surface area contributed by atoms with Crippen molar-refractivity contribution >= 4 is 0 Å². The molecule has 108 valence electrons. The van der Waals surface area contributed by atoms with Gasteiger partial charge in [-0.15, -0.1) is 0 Å². The monoisotopic (exact) mass is 264 g/mol. The maximum atomic E-state index is 5.56. The molecular formula is C16H28N2O. The number of nitrogens with one attached hydrogen (secondary N) is 1. The Morgan fingerprint density at radius 3 is 2.37 bits per heavy atom. The number of likely N-dealkylation sites (N-methyl/N-ethyl adjacent to an activating group) is 2. The van der Waals surface area contributed by atoms with Crippen molar-refractivity contribution in [2.45, 2.75) is 32.9 Å². The molecule has 0 unspecified atom stereocenters. The van der Waals surface area contributed by atoms with Crippen LogP contribution in [0.3, 0.4) is 0 Å². The molecule has 0 radical (unpaired) electrons. The van der Waals surface area contributed by atoms with E-state index in [4.69, 9.17) is 4.74 Å². The van der Waals surface area contributed by atoms with Gasteiger partial charge in [-0.3, -0.25) is 4.90 Å². The van der Waals surface area contributed by atoms with Crippen LogP contribution in [0.25, 0.3) is 0 Å². The topological polar surface area (TPSA) is 24.5 Å². The van der Waals surface area contributed by atoms with Crippen LogP contribution in [0.1, 0.15) is 25.0 Å². The van der Waals surface area contributed by atoms with E-state index in [1.54, 1.807) is 0 Å². The molecule has 0 fully saturated rings. The first kappa shape index (κ1) is 16.2. The van der Waals surface area contributed by atoms with Crippen LogP contribution in [-0.4, -0.2) is 44.8 Å². The van der Waals surface area contributed by atoms with Gasteiger partial charge < -0.3 is 10.1 Å². The molecule has 0 aliphatic rings. The summed E-state index contributed by atoms with van der Waals surface area (Å²) < 4.78 is 5.56. The zero-order valence-corrected chi connectivity index (χ0v) is 12.8. The third kappa shape index (κ3) is 7.31. The highest BCUT2D eigenvalue weighted by Gasteiger charge is 2.01. The van der Waals surface area contributed by atoms with E-state index in [2.05, 4.69) is 55.4 Å². The highest BCUT2D eigenvalue weighted by atomic mass is 16.5. The zero-order valence-electron chi connectivity index (χ0n) is 12.8. The van der Waals surface area contributed by atoms with Gasteiger partial charge in [0.2, 0.25) is 0 Å². The number of nitrogens with zero attached hydrogens (tertiary/aromatic N) is 1. The van der Waals surface area contributed by atoms with Crippen LogP contribution in [0.5, 0.6) is 0 Å². The van der Waals surface area contributed by atoms with E-state index >= 15 is 0 Å². The summed E-state index contributed by atoms with van der Waals surface area (Å²) in [5, 5.41) is 3.17. The predicted molar refractivity (Wildman–Crippen MR) is 81.5 cm³/mol. The Hall–Kier alpha value is -0.900. The molecular weight excluding hydrogens is 236 g/mol. The van der Waals surface area contributed by atoms with Crippen LogP contribution >= 0.6 is 0 Å². The second kappa shape index (κ2) is 9.08. The molecule has 0 aliphatic heterocycles. The third-order valence-corrected chi connectivity index (χ3v) is 3.06. The van der Waals surface area contributed by atoms with Gasteiger partial charge in [-0.05, 0) is 52.0 Å². The maximum Gasteiger partial charge on any atom is 0.0596 e. The molecule has 0 amide bonds. The van der Waals surface area contributed by atoms with E-state index in [0.29, 0.717) is 6.10 Å². The molecule has 0 aliphatic carbocycles. The van der Waals surface area contributed by atoms with Crippen LogP contribution in [0.4, 0.5) is 0 Å². The Bertz CT molecular complexity index is 335. The van der Waals surface area contributed by atoms with Crippen molar-refractivity contribution in [1.82, 2.24) is 10.2 Å². The van der Waals surface area contributed by atoms with Gasteiger partial charge in [-0.25, -0.2) is 0 Å². The van der Waals surface area contributed by atoms with Crippen molar-refractivity contribution in [2.24, 2.45) is 0 Å². The molecule has 0 atom stereocenters. The van der Waals surface area contributed by atoms with Gasteiger partial charge in [0.25, 0.3) is 0 Å². The lowest BCUT2D eigenvalue weighted by Gasteiger charge is -2.18. The number of benzene rings is 1. The molecule has 19 heavy (non-hydrogen) atoms. The molecule has 0 bridgehead atoms. The fourth-order valence-corrected chi connectivity index (χ4v) is 1.92. The minimum absolute atomic E-state index is 0.319. The first-order valence-corrected chi connectivity index (χ1v) is 7.14. The Morgan fingerprint density at radius 2 is 1.79 bits per heavy atom. The van der Waals surface area contributed by atoms with Gasteiger partial charge in [0.15, 0.2) is 0 Å². The van der Waals surface area contributed by atoms with E-state index in [-0.39, 0.29) is 0 Å². The fourth-order valence-electron chi connectivity index (χ4n) is 1.92. The highest BCUT2D eigenvalue weighted by Crippen LogP contribution is 2.07. The summed E-state index contributed by atoms with van der Waals surface area (Å²) in [7, 11) is 4.13. The maximum absolute atomic E-state index is 5.56. The SMILES string of the molecule is CNCCc1ccc(CN(C)CCOC(C)C)cc1. The van der Waals surface area contributed by atoms with E-state index in [1.807, 2.05) is 7.05 Å². The van der Waals surface area contributed by atoms with Crippen LogP contribution in [0, 0.1) is 0 Å². The lowest BCUT2D eigenvalue weighted by molar-refractivity contribution is 0.0627. The van der Waals surface area contributed by atoms with Crippen molar-refractivity contribution in [2.75, 3.05) is 33.8 Å². The van der Waals surface area contributed by atoms with Crippen molar-refractivity contribution in [3.63, 3.8) is 0 Å². The van der Waals surface area contributed by atoms with Gasteiger partial charge in [0, 0.05) is 13.1 Å². The van der Waals surface area contributed by atoms with Crippen LogP contribution in [0.2, 0.25) is 0 Å². The summed E-state index contributed by atoms with van der Waals surface area (Å²) in [6.45, 7) is 7.93. The molecule has 0 saturated heterocycles. The van der Waals surface area contributed by atoms with Crippen molar-refractivity contribution in [3.05, 3.63) is 35.4 Å². The Morgan fingerprint density at radius 1 is 1.16 bits per heavy atom. The average molecular weight is 264 g/mol. The van der Waals surface area contributed by atoms with E-state index < -0.39 is 0 Å². The van der Waals surface area contributed by atoms with E-state index in [9.17, 15) is 0 Å². The molecule has 3 heteroatoms. The number of rotatable bonds is 9. The van der Waals surface area contributed by atoms with Crippen molar-refractivity contribution in [3.8, 4) is 0 Å². The molecule has 1 aromatic rings. The molecule has 3 nitrogen and oxygen atoms in total. The second-order valence-corrected chi connectivity index (χ2v) is 5.33. The average Bonchev–Trinajstić information content (AvgIpc) is 2.37. The van der Waals surface area contributed by atoms with Crippen molar-refractivity contribution < 1.29 is 4.74 Å². The summed E-state index contributed by atoms with van der Waals surface area (Å²) in [5.74, 6) is 0. The normalized spacial score (nSPS) is 11.5. The Kier molecular flexibility index (Phi) is 7.72. The Labute approximate surface area is 118 Å². The van der Waals surface area contributed by atoms with E-state index in [1.165, 1.54) is 11.1 Å². The molecule has 0 spiro atoms. The summed E-state index contributed by atoms with van der Waals surface area (Å²) in [4.78, 5) is 2.30. The van der Waals surface area contributed by atoms with Gasteiger partial charge in [-0.2, -0.15) is 0 Å². The first-order chi connectivity index (χ1) is 9.11. The molecule has 1 aromatic carbocycles. The third-order valence-electron chi connectivity index (χ3n) is 3.06. The summed E-state index contributed by atoms with van der Waals surface area (Å²) >= 11 is 0. The fraction of sp³-hybridized carbons (Fsp3) is 0.625. The predicted octanol–water partition coefficient (Wildman–Crippen LogP) is 2.31. The lowest BCUT2D eigenvalue weighted by Crippen LogP contribution is -2.24. The van der Waals surface area contributed by atoms with Crippen molar-refractivity contribution in [1.29, 1.82) is 0 Å².